The number of hydrogen-bond donors (Lipinski definition) is 1. The van der Waals surface area contributed by atoms with Crippen LogP contribution in [0, 0.1) is 0 Å². The van der Waals surface area contributed by atoms with Gasteiger partial charge in [-0.1, -0.05) is 49.6 Å². The molecule has 5 rings (SSSR count). The number of rotatable bonds is 10. The number of fused-ring (bicyclic) bond motifs is 1. The van der Waals surface area contributed by atoms with Crippen LogP contribution in [0.25, 0.3) is 10.9 Å². The third-order valence-corrected chi connectivity index (χ3v) is 7.37. The standard InChI is InChI=1S/C33H33N3O5/c1-3-10-25-18-23(19-29(40-2)30(25)41-21-22-11-9-14-26(17-22)33(38)39)20-34-36-31(24-12-5-4-6-13-24)35-28-16-8-7-15-27(28)32(36)37/h3,7-9,11,14-20,24H,1,4-6,10,12-13,21H2,2H3,(H,38,39). The van der Waals surface area contributed by atoms with Crippen molar-refractivity contribution in [2.45, 2.75) is 51.0 Å². The van der Waals surface area contributed by atoms with Gasteiger partial charge >= 0.3 is 5.97 Å². The van der Waals surface area contributed by atoms with Crippen molar-refractivity contribution in [3.8, 4) is 11.5 Å². The van der Waals surface area contributed by atoms with E-state index in [4.69, 9.17) is 14.5 Å². The molecule has 0 atom stereocenters. The van der Waals surface area contributed by atoms with Gasteiger partial charge in [-0.25, -0.2) is 9.78 Å². The van der Waals surface area contributed by atoms with Crippen LogP contribution < -0.4 is 15.0 Å². The zero-order valence-corrected chi connectivity index (χ0v) is 23.1. The molecule has 0 radical (unpaired) electrons. The van der Waals surface area contributed by atoms with Crippen molar-refractivity contribution in [1.82, 2.24) is 9.66 Å². The summed E-state index contributed by atoms with van der Waals surface area (Å²) in [6.45, 7) is 4.04. The zero-order valence-electron chi connectivity index (χ0n) is 23.1. The molecule has 8 nitrogen and oxygen atoms in total. The van der Waals surface area contributed by atoms with Crippen molar-refractivity contribution in [1.29, 1.82) is 0 Å². The van der Waals surface area contributed by atoms with Gasteiger partial charge in [0.15, 0.2) is 11.5 Å². The second-order valence-corrected chi connectivity index (χ2v) is 10.2. The summed E-state index contributed by atoms with van der Waals surface area (Å²) < 4.78 is 13.3. The first kappa shape index (κ1) is 27.8. The first-order valence-corrected chi connectivity index (χ1v) is 13.8. The minimum absolute atomic E-state index is 0.165. The van der Waals surface area contributed by atoms with Crippen molar-refractivity contribution >= 4 is 23.1 Å². The number of methoxy groups -OCH3 is 1. The number of carboxylic acids is 1. The van der Waals surface area contributed by atoms with Gasteiger partial charge in [0.1, 0.15) is 12.4 Å². The molecule has 1 aromatic heterocycles. The molecule has 1 saturated carbocycles. The lowest BCUT2D eigenvalue weighted by atomic mass is 9.88. The summed E-state index contributed by atoms with van der Waals surface area (Å²) >= 11 is 0. The highest BCUT2D eigenvalue weighted by atomic mass is 16.5. The van der Waals surface area contributed by atoms with Crippen LogP contribution in [0.3, 0.4) is 0 Å². The summed E-state index contributed by atoms with van der Waals surface area (Å²) in [7, 11) is 1.56. The van der Waals surface area contributed by atoms with E-state index in [0.717, 1.165) is 42.4 Å². The molecule has 3 aromatic carbocycles. The second kappa shape index (κ2) is 12.6. The first-order valence-electron chi connectivity index (χ1n) is 13.8. The monoisotopic (exact) mass is 551 g/mol. The molecule has 1 aliphatic rings. The minimum Gasteiger partial charge on any atom is -0.493 e. The van der Waals surface area contributed by atoms with E-state index in [2.05, 4.69) is 11.7 Å². The molecule has 0 aliphatic heterocycles. The predicted octanol–water partition coefficient (Wildman–Crippen LogP) is 6.34. The molecule has 1 heterocycles. The summed E-state index contributed by atoms with van der Waals surface area (Å²) in [5, 5.41) is 14.5. The first-order chi connectivity index (χ1) is 20.0. The fraction of sp³-hybridized carbons (Fsp3) is 0.273. The number of carboxylic acid groups (broad SMARTS) is 1. The minimum atomic E-state index is -0.993. The highest BCUT2D eigenvalue weighted by Gasteiger charge is 2.22. The van der Waals surface area contributed by atoms with Crippen molar-refractivity contribution < 1.29 is 19.4 Å². The number of ether oxygens (including phenoxy) is 2. The SMILES string of the molecule is C=CCc1cc(C=Nn2c(C3CCCCC3)nc3ccccc3c2=O)cc(OC)c1OCc1cccc(C(=O)O)c1. The van der Waals surface area contributed by atoms with E-state index < -0.39 is 5.97 Å². The van der Waals surface area contributed by atoms with E-state index >= 15 is 0 Å². The fourth-order valence-corrected chi connectivity index (χ4v) is 5.33. The Morgan fingerprint density at radius 2 is 1.93 bits per heavy atom. The van der Waals surface area contributed by atoms with E-state index in [0.29, 0.717) is 34.6 Å². The van der Waals surface area contributed by atoms with Crippen molar-refractivity contribution in [2.75, 3.05) is 7.11 Å². The Bertz CT molecular complexity index is 1670. The van der Waals surface area contributed by atoms with Crippen LogP contribution in [0.1, 0.15) is 70.9 Å². The lowest BCUT2D eigenvalue weighted by molar-refractivity contribution is 0.0696. The molecule has 0 unspecified atom stereocenters. The zero-order chi connectivity index (χ0) is 28.8. The van der Waals surface area contributed by atoms with Crippen LogP contribution in [0.15, 0.2) is 83.2 Å². The van der Waals surface area contributed by atoms with Gasteiger partial charge in [0, 0.05) is 11.5 Å². The number of allylic oxidation sites excluding steroid dienone is 1. The molecule has 8 heteroatoms. The van der Waals surface area contributed by atoms with E-state index in [9.17, 15) is 14.7 Å². The molecule has 4 aromatic rings. The van der Waals surface area contributed by atoms with E-state index in [1.165, 1.54) is 11.1 Å². The topological polar surface area (TPSA) is 103 Å². The van der Waals surface area contributed by atoms with Crippen LogP contribution >= 0.6 is 0 Å². The molecule has 0 saturated heterocycles. The van der Waals surface area contributed by atoms with Gasteiger partial charge in [-0.3, -0.25) is 4.79 Å². The van der Waals surface area contributed by atoms with Crippen molar-refractivity contribution in [3.05, 3.63) is 112 Å². The van der Waals surface area contributed by atoms with Crippen LogP contribution in [-0.4, -0.2) is 34.1 Å². The van der Waals surface area contributed by atoms with Crippen LogP contribution in [0.5, 0.6) is 11.5 Å². The summed E-state index contributed by atoms with van der Waals surface area (Å²) in [5.74, 6) is 0.924. The Kier molecular flexibility index (Phi) is 8.58. The Morgan fingerprint density at radius 1 is 1.12 bits per heavy atom. The molecule has 210 valence electrons. The molecular formula is C33H33N3O5. The van der Waals surface area contributed by atoms with Gasteiger partial charge in [0.25, 0.3) is 5.56 Å². The van der Waals surface area contributed by atoms with Gasteiger partial charge in [0.05, 0.1) is 29.8 Å². The number of carbonyl (C=O) groups is 1. The third kappa shape index (κ3) is 6.22. The second-order valence-electron chi connectivity index (χ2n) is 10.2. The number of aromatic nitrogens is 2. The van der Waals surface area contributed by atoms with Gasteiger partial charge in [-0.15, -0.1) is 6.58 Å². The number of hydrogen-bond acceptors (Lipinski definition) is 6. The molecular weight excluding hydrogens is 518 g/mol. The highest BCUT2D eigenvalue weighted by Crippen LogP contribution is 2.35. The number of nitrogens with zero attached hydrogens (tertiary/aromatic N) is 3. The van der Waals surface area contributed by atoms with Gasteiger partial charge in [-0.2, -0.15) is 9.78 Å². The molecule has 41 heavy (non-hydrogen) atoms. The summed E-state index contributed by atoms with van der Waals surface area (Å²) in [5.41, 5.74) is 2.98. The fourth-order valence-electron chi connectivity index (χ4n) is 5.33. The van der Waals surface area contributed by atoms with Crippen LogP contribution in [0.4, 0.5) is 0 Å². The average Bonchev–Trinajstić information content (AvgIpc) is 3.00. The molecule has 0 amide bonds. The number of aromatic carboxylic acids is 1. The average molecular weight is 552 g/mol. The maximum Gasteiger partial charge on any atom is 0.335 e. The van der Waals surface area contributed by atoms with Crippen molar-refractivity contribution in [2.24, 2.45) is 5.10 Å². The molecule has 1 aliphatic carbocycles. The Labute approximate surface area is 238 Å². The number of benzene rings is 3. The summed E-state index contributed by atoms with van der Waals surface area (Å²) in [6.07, 6.45) is 9.32. The normalized spacial score (nSPS) is 13.9. The molecule has 0 bridgehead atoms. The smallest absolute Gasteiger partial charge is 0.335 e. The van der Waals surface area contributed by atoms with Gasteiger partial charge < -0.3 is 14.6 Å². The van der Waals surface area contributed by atoms with Gasteiger partial charge in [-0.05, 0) is 66.8 Å². The summed E-state index contributed by atoms with van der Waals surface area (Å²) in [6, 6.07) is 17.7. The Hall–Kier alpha value is -4.72. The Balaban J connectivity index is 1.50. The quantitative estimate of drug-likeness (QED) is 0.182. The van der Waals surface area contributed by atoms with Crippen LogP contribution in [-0.2, 0) is 13.0 Å². The number of para-hydroxylation sites is 1. The highest BCUT2D eigenvalue weighted by molar-refractivity contribution is 5.87. The van der Waals surface area contributed by atoms with E-state index in [1.54, 1.807) is 49.7 Å². The van der Waals surface area contributed by atoms with Gasteiger partial charge in [0.2, 0.25) is 0 Å². The lowest BCUT2D eigenvalue weighted by Gasteiger charge is -2.22. The largest absolute Gasteiger partial charge is 0.493 e. The lowest BCUT2D eigenvalue weighted by Crippen LogP contribution is -2.25. The van der Waals surface area contributed by atoms with E-state index in [-0.39, 0.29) is 23.6 Å². The molecule has 0 spiro atoms. The van der Waals surface area contributed by atoms with Crippen LogP contribution in [0.2, 0.25) is 0 Å². The third-order valence-electron chi connectivity index (χ3n) is 7.37. The summed E-state index contributed by atoms with van der Waals surface area (Å²) in [4.78, 5) is 29.8. The maximum atomic E-state index is 13.6. The van der Waals surface area contributed by atoms with E-state index in [1.807, 2.05) is 30.3 Å². The maximum absolute atomic E-state index is 13.6. The van der Waals surface area contributed by atoms with Crippen molar-refractivity contribution in [3.63, 3.8) is 0 Å². The molecule has 1 N–H and O–H groups in total. The Morgan fingerprint density at radius 3 is 2.68 bits per heavy atom. The molecule has 1 fully saturated rings. The predicted molar refractivity (Wildman–Crippen MR) is 159 cm³/mol.